The number of urea groups is 1. The molecule has 1 aromatic carbocycles. The third-order valence-electron chi connectivity index (χ3n) is 4.42. The first-order valence-electron chi connectivity index (χ1n) is 7.49. The third-order valence-corrected chi connectivity index (χ3v) is 4.42. The molecule has 2 aliphatic heterocycles. The first kappa shape index (κ1) is 16.0. The first-order valence-corrected chi connectivity index (χ1v) is 7.49. The Bertz CT molecular complexity index is 619. The van der Waals surface area contributed by atoms with E-state index in [1.165, 1.54) is 0 Å². The third kappa shape index (κ3) is 2.87. The van der Waals surface area contributed by atoms with E-state index >= 15 is 0 Å². The summed E-state index contributed by atoms with van der Waals surface area (Å²) in [6.07, 6.45) is -3.88. The van der Waals surface area contributed by atoms with Crippen LogP contribution in [0.4, 0.5) is 28.0 Å². The molecule has 1 aromatic rings. The summed E-state index contributed by atoms with van der Waals surface area (Å²) in [6, 6.07) is 1.93. The molecule has 1 N–H and O–H groups in total. The topological polar surface area (TPSA) is 35.6 Å². The molecule has 0 bridgehead atoms. The number of hydrogen-bond donors (Lipinski definition) is 1. The summed E-state index contributed by atoms with van der Waals surface area (Å²) in [5.74, 6) is -0.974. The number of nitrogens with zero attached hydrogens (tertiary/aromatic N) is 2. The van der Waals surface area contributed by atoms with Gasteiger partial charge in [-0.1, -0.05) is 6.92 Å². The van der Waals surface area contributed by atoms with Gasteiger partial charge in [0.25, 0.3) is 0 Å². The van der Waals surface area contributed by atoms with Gasteiger partial charge in [0.05, 0.1) is 17.3 Å². The van der Waals surface area contributed by atoms with E-state index in [1.54, 1.807) is 4.90 Å². The normalized spacial score (nSPS) is 25.0. The van der Waals surface area contributed by atoms with E-state index in [-0.39, 0.29) is 24.3 Å². The molecule has 0 saturated carbocycles. The predicted molar refractivity (Wildman–Crippen MR) is 76.7 cm³/mol. The van der Waals surface area contributed by atoms with Gasteiger partial charge in [-0.05, 0) is 24.6 Å². The number of carbonyl (C=O) groups is 1. The minimum atomic E-state index is -4.72. The number of hydrogen-bond acceptors (Lipinski definition) is 2. The Morgan fingerprint density at radius 2 is 2.04 bits per heavy atom. The number of rotatable bonds is 2. The Kier molecular flexibility index (Phi) is 3.95. The first-order chi connectivity index (χ1) is 10.8. The number of fused-ring (bicyclic) bond motifs is 1. The average molecular weight is 331 g/mol. The van der Waals surface area contributed by atoms with Crippen molar-refractivity contribution in [3.63, 3.8) is 0 Å². The standard InChI is InChI=1S/C15H17F4N3O/c1-2-10-7-21-11(6-20-10)8-22(14(21)23)13-4-3-9(16)5-12(13)15(17,18)19/h3-5,10-11,20H,2,6-8H2,1H3/t10-,11+/m1/s1. The number of amides is 2. The van der Waals surface area contributed by atoms with Crippen LogP contribution in [0.2, 0.25) is 0 Å². The molecule has 3 rings (SSSR count). The molecule has 23 heavy (non-hydrogen) atoms. The van der Waals surface area contributed by atoms with Gasteiger partial charge in [0, 0.05) is 25.7 Å². The second kappa shape index (κ2) is 5.67. The van der Waals surface area contributed by atoms with Gasteiger partial charge in [-0.3, -0.25) is 4.90 Å². The number of carbonyl (C=O) groups excluding carboxylic acids is 1. The van der Waals surface area contributed by atoms with Crippen LogP contribution in [0.15, 0.2) is 18.2 Å². The predicted octanol–water partition coefficient (Wildman–Crippen LogP) is 2.84. The molecular weight excluding hydrogens is 314 g/mol. The van der Waals surface area contributed by atoms with Gasteiger partial charge in [-0.15, -0.1) is 0 Å². The van der Waals surface area contributed by atoms with Gasteiger partial charge in [0.15, 0.2) is 0 Å². The molecule has 0 unspecified atom stereocenters. The Hall–Kier alpha value is -1.83. The molecule has 8 heteroatoms. The van der Waals surface area contributed by atoms with Crippen LogP contribution < -0.4 is 10.2 Å². The number of anilines is 1. The fourth-order valence-electron chi connectivity index (χ4n) is 3.15. The molecule has 2 aliphatic rings. The zero-order chi connectivity index (χ0) is 16.8. The molecule has 2 saturated heterocycles. The average Bonchev–Trinajstić information content (AvgIpc) is 2.83. The minimum Gasteiger partial charge on any atom is -0.317 e. The monoisotopic (exact) mass is 331 g/mol. The maximum atomic E-state index is 13.2. The molecule has 0 spiro atoms. The lowest BCUT2D eigenvalue weighted by Crippen LogP contribution is -2.55. The van der Waals surface area contributed by atoms with Crippen molar-refractivity contribution in [2.45, 2.75) is 31.6 Å². The number of piperazine rings is 1. The molecule has 0 aliphatic carbocycles. The molecular formula is C15H17F4N3O. The van der Waals surface area contributed by atoms with Gasteiger partial charge < -0.3 is 10.2 Å². The lowest BCUT2D eigenvalue weighted by molar-refractivity contribution is -0.137. The quantitative estimate of drug-likeness (QED) is 0.846. The number of benzene rings is 1. The lowest BCUT2D eigenvalue weighted by atomic mass is 10.1. The van der Waals surface area contributed by atoms with Crippen molar-refractivity contribution in [2.75, 3.05) is 24.5 Å². The Morgan fingerprint density at radius 3 is 2.70 bits per heavy atom. The molecule has 2 fully saturated rings. The minimum absolute atomic E-state index is 0.144. The fourth-order valence-corrected chi connectivity index (χ4v) is 3.15. The van der Waals surface area contributed by atoms with Crippen molar-refractivity contribution >= 4 is 11.7 Å². The van der Waals surface area contributed by atoms with Crippen LogP contribution in [0.25, 0.3) is 0 Å². The maximum absolute atomic E-state index is 13.2. The van der Waals surface area contributed by atoms with Crippen molar-refractivity contribution in [3.8, 4) is 0 Å². The van der Waals surface area contributed by atoms with Crippen molar-refractivity contribution < 1.29 is 22.4 Å². The largest absolute Gasteiger partial charge is 0.418 e. The molecule has 2 atom stereocenters. The van der Waals surface area contributed by atoms with E-state index in [9.17, 15) is 22.4 Å². The molecule has 126 valence electrons. The van der Waals surface area contributed by atoms with Crippen molar-refractivity contribution in [1.29, 1.82) is 0 Å². The smallest absolute Gasteiger partial charge is 0.317 e. The van der Waals surface area contributed by atoms with Gasteiger partial charge >= 0.3 is 12.2 Å². The van der Waals surface area contributed by atoms with Crippen LogP contribution >= 0.6 is 0 Å². The van der Waals surface area contributed by atoms with E-state index in [4.69, 9.17) is 0 Å². The van der Waals surface area contributed by atoms with E-state index < -0.39 is 23.6 Å². The maximum Gasteiger partial charge on any atom is 0.418 e. The molecule has 4 nitrogen and oxygen atoms in total. The number of alkyl halides is 3. The summed E-state index contributed by atoms with van der Waals surface area (Å²) in [5.41, 5.74) is -1.41. The number of halogens is 4. The highest BCUT2D eigenvalue weighted by molar-refractivity contribution is 5.95. The molecule has 2 heterocycles. The molecule has 0 aromatic heterocycles. The second-order valence-electron chi connectivity index (χ2n) is 5.87. The Morgan fingerprint density at radius 1 is 1.30 bits per heavy atom. The lowest BCUT2D eigenvalue weighted by Gasteiger charge is -2.34. The van der Waals surface area contributed by atoms with Gasteiger partial charge in [0.2, 0.25) is 0 Å². The van der Waals surface area contributed by atoms with Gasteiger partial charge in [-0.25, -0.2) is 9.18 Å². The Balaban J connectivity index is 1.93. The van der Waals surface area contributed by atoms with Gasteiger partial charge in [0.1, 0.15) is 5.82 Å². The van der Waals surface area contributed by atoms with Crippen LogP contribution in [0.1, 0.15) is 18.9 Å². The zero-order valence-corrected chi connectivity index (χ0v) is 12.5. The van der Waals surface area contributed by atoms with Crippen LogP contribution in [-0.4, -0.2) is 42.6 Å². The fraction of sp³-hybridized carbons (Fsp3) is 0.533. The summed E-state index contributed by atoms with van der Waals surface area (Å²) in [4.78, 5) is 15.2. The van der Waals surface area contributed by atoms with E-state index in [2.05, 4.69) is 5.32 Å². The highest BCUT2D eigenvalue weighted by Crippen LogP contribution is 2.39. The van der Waals surface area contributed by atoms with Crippen molar-refractivity contribution in [3.05, 3.63) is 29.6 Å². The SMILES string of the molecule is CC[C@@H]1CN2C(=O)N(c3ccc(F)cc3C(F)(F)F)C[C@@H]2CN1. The summed E-state index contributed by atoms with van der Waals surface area (Å²) in [5, 5.41) is 3.28. The van der Waals surface area contributed by atoms with E-state index in [0.29, 0.717) is 19.2 Å². The molecule has 2 amide bonds. The summed E-state index contributed by atoms with van der Waals surface area (Å²) >= 11 is 0. The van der Waals surface area contributed by atoms with Crippen molar-refractivity contribution in [1.82, 2.24) is 10.2 Å². The van der Waals surface area contributed by atoms with Gasteiger partial charge in [-0.2, -0.15) is 13.2 Å². The second-order valence-corrected chi connectivity index (χ2v) is 5.87. The van der Waals surface area contributed by atoms with Crippen LogP contribution in [0.5, 0.6) is 0 Å². The Labute approximate surface area is 131 Å². The van der Waals surface area contributed by atoms with Crippen LogP contribution in [0.3, 0.4) is 0 Å². The van der Waals surface area contributed by atoms with Crippen LogP contribution in [-0.2, 0) is 6.18 Å². The molecule has 0 radical (unpaired) electrons. The highest BCUT2D eigenvalue weighted by Gasteiger charge is 2.44. The van der Waals surface area contributed by atoms with Crippen molar-refractivity contribution in [2.24, 2.45) is 0 Å². The summed E-state index contributed by atoms with van der Waals surface area (Å²) in [7, 11) is 0. The summed E-state index contributed by atoms with van der Waals surface area (Å²) < 4.78 is 52.7. The summed E-state index contributed by atoms with van der Waals surface area (Å²) in [6.45, 7) is 3.16. The number of nitrogens with one attached hydrogen (secondary N) is 1. The highest BCUT2D eigenvalue weighted by atomic mass is 19.4. The van der Waals surface area contributed by atoms with Crippen LogP contribution in [0, 0.1) is 5.82 Å². The zero-order valence-electron chi connectivity index (χ0n) is 12.5. The van der Waals surface area contributed by atoms with E-state index in [1.807, 2.05) is 6.92 Å². The van der Waals surface area contributed by atoms with E-state index in [0.717, 1.165) is 23.5 Å².